The summed E-state index contributed by atoms with van der Waals surface area (Å²) in [6.07, 6.45) is -3.00. The van der Waals surface area contributed by atoms with Crippen LogP contribution in [0.1, 0.15) is 68.9 Å². The SMILES string of the molecule is C[C@]12C[C@H](c3ccc(CNc4ccc(S(N)(=O)=O)cc4)cc3)C3=C4CCC(=O)C=C4CCC3C1CC[C@@]2(O)C(F)(F)C(F)(F)F. The van der Waals surface area contributed by atoms with Gasteiger partial charge in [0.05, 0.1) is 4.90 Å². The van der Waals surface area contributed by atoms with Gasteiger partial charge < -0.3 is 10.4 Å². The summed E-state index contributed by atoms with van der Waals surface area (Å²) in [6, 6.07) is 13.4. The molecule has 0 saturated heterocycles. The molecule has 2 fully saturated rings. The first-order valence-corrected chi connectivity index (χ1v) is 16.6. The number of hydrogen-bond acceptors (Lipinski definition) is 5. The Hall–Kier alpha value is -3.09. The Morgan fingerprint density at radius 2 is 1.64 bits per heavy atom. The second-order valence-corrected chi connectivity index (χ2v) is 14.7. The fraction of sp³-hybridized carbons (Fsp3) is 0.485. The van der Waals surface area contributed by atoms with E-state index in [4.69, 9.17) is 5.14 Å². The number of nitrogens with one attached hydrogen (secondary N) is 1. The number of alkyl halides is 5. The highest BCUT2D eigenvalue weighted by molar-refractivity contribution is 7.89. The molecular formula is C33H35F5N2O4S. The predicted molar refractivity (Wildman–Crippen MR) is 158 cm³/mol. The molecule has 6 rings (SSSR count). The van der Waals surface area contributed by atoms with Gasteiger partial charge in [0.25, 0.3) is 0 Å². The van der Waals surface area contributed by atoms with Crippen LogP contribution in [0.15, 0.2) is 76.2 Å². The van der Waals surface area contributed by atoms with Crippen LogP contribution in [-0.2, 0) is 21.4 Å². The van der Waals surface area contributed by atoms with Gasteiger partial charge in [-0.3, -0.25) is 4.79 Å². The molecule has 0 amide bonds. The van der Waals surface area contributed by atoms with Crippen LogP contribution in [0.25, 0.3) is 0 Å². The van der Waals surface area contributed by atoms with E-state index in [1.54, 1.807) is 18.2 Å². The number of nitrogens with two attached hydrogens (primary N) is 1. The summed E-state index contributed by atoms with van der Waals surface area (Å²) >= 11 is 0. The lowest BCUT2D eigenvalue weighted by Gasteiger charge is -2.56. The number of rotatable bonds is 6. The molecule has 2 aromatic carbocycles. The Balaban J connectivity index is 1.35. The molecule has 0 spiro atoms. The van der Waals surface area contributed by atoms with Gasteiger partial charge in [0.2, 0.25) is 10.0 Å². The van der Waals surface area contributed by atoms with Crippen molar-refractivity contribution in [3.05, 3.63) is 82.5 Å². The number of carbonyl (C=O) groups excluding carboxylic acids is 1. The summed E-state index contributed by atoms with van der Waals surface area (Å²) in [6.45, 7) is 1.79. The van der Waals surface area contributed by atoms with Crippen LogP contribution >= 0.6 is 0 Å². The number of sulfonamides is 1. The number of fused-ring (bicyclic) bond motifs is 4. The standard InChI is InChI=1S/C33H35F5N2O4S/c1-30-17-27(20-4-2-19(3-5-20)18-40-22-7-10-24(11-8-22)45(39,43)44)29-25-13-9-23(41)16-21(25)6-12-26(29)28(30)14-15-31(30,42)32(34,35)33(36,37)38/h2-5,7-8,10-11,16,26-28,40,42H,6,9,12-15,17-18H2,1H3,(H2,39,43,44)/t26?,27-,28?,30+,31+/m1/s1. The number of benzene rings is 2. The fourth-order valence-corrected chi connectivity index (χ4v) is 9.06. The van der Waals surface area contributed by atoms with Gasteiger partial charge in [-0.1, -0.05) is 36.8 Å². The molecule has 2 unspecified atom stereocenters. The summed E-state index contributed by atoms with van der Waals surface area (Å²) in [4.78, 5) is 12.2. The van der Waals surface area contributed by atoms with Crippen molar-refractivity contribution in [1.29, 1.82) is 0 Å². The molecule has 0 aromatic heterocycles. The van der Waals surface area contributed by atoms with E-state index in [9.17, 15) is 31.5 Å². The van der Waals surface area contributed by atoms with Gasteiger partial charge >= 0.3 is 12.1 Å². The Kier molecular flexibility index (Phi) is 7.60. The van der Waals surface area contributed by atoms with Crippen molar-refractivity contribution in [2.24, 2.45) is 22.4 Å². The smallest absolute Gasteiger partial charge is 0.383 e. The van der Waals surface area contributed by atoms with Gasteiger partial charge in [0.15, 0.2) is 5.78 Å². The monoisotopic (exact) mass is 650 g/mol. The number of primary sulfonamides is 1. The highest BCUT2D eigenvalue weighted by Crippen LogP contribution is 2.70. The maximum absolute atomic E-state index is 15.2. The van der Waals surface area contributed by atoms with E-state index in [1.807, 2.05) is 24.3 Å². The van der Waals surface area contributed by atoms with Crippen molar-refractivity contribution in [3.8, 4) is 0 Å². The summed E-state index contributed by atoms with van der Waals surface area (Å²) < 4.78 is 94.7. The molecule has 0 heterocycles. The summed E-state index contributed by atoms with van der Waals surface area (Å²) in [5.41, 5.74) is 0.274. The lowest BCUT2D eigenvalue weighted by atomic mass is 9.50. The average molecular weight is 651 g/mol. The van der Waals surface area contributed by atoms with Crippen LogP contribution in [0, 0.1) is 17.3 Å². The molecule has 12 heteroatoms. The van der Waals surface area contributed by atoms with Crippen LogP contribution in [-0.4, -0.2) is 37.0 Å². The minimum absolute atomic E-state index is 0.0142. The lowest BCUT2D eigenvalue weighted by molar-refractivity contribution is -0.362. The van der Waals surface area contributed by atoms with E-state index in [0.717, 1.165) is 27.8 Å². The Bertz CT molecular complexity index is 1680. The molecule has 0 radical (unpaired) electrons. The van der Waals surface area contributed by atoms with E-state index >= 15 is 8.78 Å². The molecule has 242 valence electrons. The van der Waals surface area contributed by atoms with Crippen molar-refractivity contribution in [2.75, 3.05) is 5.32 Å². The van der Waals surface area contributed by atoms with Gasteiger partial charge in [-0.2, -0.15) is 22.0 Å². The number of ketones is 1. The molecular weight excluding hydrogens is 615 g/mol. The minimum Gasteiger partial charge on any atom is -0.383 e. The largest absolute Gasteiger partial charge is 0.456 e. The third-order valence-electron chi connectivity index (χ3n) is 10.8. The van der Waals surface area contributed by atoms with E-state index < -0.39 is 51.4 Å². The molecule has 2 saturated carbocycles. The quantitative estimate of drug-likeness (QED) is 0.299. The van der Waals surface area contributed by atoms with Gasteiger partial charge in [0, 0.05) is 30.0 Å². The Morgan fingerprint density at radius 3 is 2.27 bits per heavy atom. The third kappa shape index (κ3) is 5.13. The van der Waals surface area contributed by atoms with Gasteiger partial charge in [-0.15, -0.1) is 0 Å². The number of aliphatic hydroxyl groups is 1. The average Bonchev–Trinajstić information content (AvgIpc) is 3.26. The van der Waals surface area contributed by atoms with Crippen molar-refractivity contribution >= 4 is 21.5 Å². The van der Waals surface area contributed by atoms with E-state index in [2.05, 4.69) is 5.32 Å². The van der Waals surface area contributed by atoms with Crippen molar-refractivity contribution in [2.45, 2.75) is 86.9 Å². The first-order chi connectivity index (χ1) is 21.0. The summed E-state index contributed by atoms with van der Waals surface area (Å²) in [7, 11) is -3.82. The van der Waals surface area contributed by atoms with Crippen LogP contribution in [0.5, 0.6) is 0 Å². The molecule has 0 bridgehead atoms. The zero-order valence-electron chi connectivity index (χ0n) is 24.6. The molecule has 4 N–H and O–H groups in total. The van der Waals surface area contributed by atoms with Crippen LogP contribution in [0.4, 0.5) is 27.6 Å². The van der Waals surface area contributed by atoms with Crippen LogP contribution < -0.4 is 10.5 Å². The molecule has 5 atom stereocenters. The Labute approximate surface area is 258 Å². The zero-order chi connectivity index (χ0) is 32.6. The highest BCUT2D eigenvalue weighted by atomic mass is 32.2. The number of allylic oxidation sites excluding steroid dienone is 4. The fourth-order valence-electron chi connectivity index (χ4n) is 8.55. The molecule has 6 nitrogen and oxygen atoms in total. The second-order valence-electron chi connectivity index (χ2n) is 13.1. The molecule has 0 aliphatic heterocycles. The topological polar surface area (TPSA) is 109 Å². The van der Waals surface area contributed by atoms with Gasteiger partial charge in [-0.25, -0.2) is 13.6 Å². The van der Waals surface area contributed by atoms with Crippen molar-refractivity contribution in [3.63, 3.8) is 0 Å². The van der Waals surface area contributed by atoms with Gasteiger partial charge in [-0.05, 0) is 103 Å². The minimum atomic E-state index is -5.90. The number of hydrogen-bond donors (Lipinski definition) is 3. The first kappa shape index (κ1) is 31.9. The highest BCUT2D eigenvalue weighted by Gasteiger charge is 2.79. The lowest BCUT2D eigenvalue weighted by Crippen LogP contribution is -2.65. The Morgan fingerprint density at radius 1 is 0.978 bits per heavy atom. The number of carbonyl (C=O) groups is 1. The van der Waals surface area contributed by atoms with Crippen molar-refractivity contribution < 1.29 is 40.3 Å². The van der Waals surface area contributed by atoms with E-state index in [0.29, 0.717) is 37.9 Å². The van der Waals surface area contributed by atoms with E-state index in [-0.39, 0.29) is 29.4 Å². The number of anilines is 1. The van der Waals surface area contributed by atoms with E-state index in [1.165, 1.54) is 19.1 Å². The van der Waals surface area contributed by atoms with Crippen LogP contribution in [0.3, 0.4) is 0 Å². The van der Waals surface area contributed by atoms with Crippen LogP contribution in [0.2, 0.25) is 0 Å². The zero-order valence-corrected chi connectivity index (χ0v) is 25.4. The van der Waals surface area contributed by atoms with Crippen molar-refractivity contribution in [1.82, 2.24) is 0 Å². The molecule has 4 aliphatic rings. The first-order valence-electron chi connectivity index (χ1n) is 15.1. The third-order valence-corrected chi connectivity index (χ3v) is 11.8. The normalized spacial score (nSPS) is 30.4. The predicted octanol–water partition coefficient (Wildman–Crippen LogP) is 6.77. The molecule has 45 heavy (non-hydrogen) atoms. The summed E-state index contributed by atoms with van der Waals surface area (Å²) in [5.74, 6) is -6.60. The second kappa shape index (κ2) is 10.7. The molecule has 2 aromatic rings. The molecule has 4 aliphatic carbocycles. The summed E-state index contributed by atoms with van der Waals surface area (Å²) in [5, 5.41) is 19.8. The maximum Gasteiger partial charge on any atom is 0.456 e. The number of halogens is 5. The van der Waals surface area contributed by atoms with Gasteiger partial charge in [0.1, 0.15) is 5.60 Å². The maximum atomic E-state index is 15.2.